The molecule has 1 heterocycles. The Bertz CT molecular complexity index is 928. The molecule has 2 aromatic carbocycles. The highest BCUT2D eigenvalue weighted by molar-refractivity contribution is 5.75. The molecule has 0 bridgehead atoms. The van der Waals surface area contributed by atoms with Gasteiger partial charge in [0.05, 0.1) is 11.1 Å². The lowest BCUT2D eigenvalue weighted by Gasteiger charge is -2.14. The minimum atomic E-state index is -0.640. The van der Waals surface area contributed by atoms with Crippen molar-refractivity contribution in [3.8, 4) is 5.69 Å². The number of para-hydroxylation sites is 2. The second-order valence-electron chi connectivity index (χ2n) is 5.14. The average molecular weight is 295 g/mol. The first-order chi connectivity index (χ1) is 10.7. The van der Waals surface area contributed by atoms with Gasteiger partial charge in [0, 0.05) is 0 Å². The van der Waals surface area contributed by atoms with Crippen LogP contribution in [-0.4, -0.2) is 4.57 Å². The van der Waals surface area contributed by atoms with E-state index >= 15 is 0 Å². The zero-order valence-electron chi connectivity index (χ0n) is 12.6. The maximum atomic E-state index is 12.8. The summed E-state index contributed by atoms with van der Waals surface area (Å²) in [6.45, 7) is 4.01. The van der Waals surface area contributed by atoms with Crippen LogP contribution in [0.15, 0.2) is 56.5 Å². The highest BCUT2D eigenvalue weighted by atomic mass is 16.4. The molecule has 4 nitrogen and oxygen atoms in total. The number of benzene rings is 2. The lowest BCUT2D eigenvalue weighted by Crippen LogP contribution is -2.32. The van der Waals surface area contributed by atoms with Gasteiger partial charge in [-0.05, 0) is 36.1 Å². The van der Waals surface area contributed by atoms with Crippen LogP contribution in [0.3, 0.4) is 0 Å². The van der Waals surface area contributed by atoms with E-state index in [0.717, 1.165) is 24.0 Å². The molecule has 0 fully saturated rings. The van der Waals surface area contributed by atoms with Crippen molar-refractivity contribution >= 4 is 11.0 Å². The van der Waals surface area contributed by atoms with Gasteiger partial charge in [0.15, 0.2) is 0 Å². The smallest absolute Gasteiger partial charge is 0.409 e. The van der Waals surface area contributed by atoms with Gasteiger partial charge in [0.2, 0.25) is 0 Å². The minimum absolute atomic E-state index is 0.320. The first-order valence-corrected chi connectivity index (χ1v) is 7.43. The summed E-state index contributed by atoms with van der Waals surface area (Å²) in [6, 6.07) is 12.7. The first kappa shape index (κ1) is 14.3. The van der Waals surface area contributed by atoms with Gasteiger partial charge in [0.1, 0.15) is 5.58 Å². The molecule has 4 heteroatoms. The summed E-state index contributed by atoms with van der Waals surface area (Å²) >= 11 is 0. The van der Waals surface area contributed by atoms with Crippen molar-refractivity contribution in [3.63, 3.8) is 0 Å². The number of fused-ring (bicyclic) bond motifs is 1. The predicted octanol–water partition coefficient (Wildman–Crippen LogP) is 3.07. The quantitative estimate of drug-likeness (QED) is 0.746. The van der Waals surface area contributed by atoms with Gasteiger partial charge in [-0.3, -0.25) is 4.79 Å². The fraction of sp³-hybridized carbons (Fsp3) is 0.222. The van der Waals surface area contributed by atoms with Gasteiger partial charge < -0.3 is 4.42 Å². The van der Waals surface area contributed by atoms with E-state index in [1.54, 1.807) is 24.3 Å². The standard InChI is InChI=1S/C18H17NO3/c1-3-12-8-7-9-13(4-2)16(12)19-17(20)14-10-5-6-11-15(14)22-18(19)21/h5-11H,3-4H2,1-2H3. The van der Waals surface area contributed by atoms with Crippen molar-refractivity contribution in [1.29, 1.82) is 0 Å². The molecule has 0 unspecified atom stereocenters. The summed E-state index contributed by atoms with van der Waals surface area (Å²) in [4.78, 5) is 25.2. The summed E-state index contributed by atoms with van der Waals surface area (Å²) in [7, 11) is 0. The van der Waals surface area contributed by atoms with Crippen molar-refractivity contribution in [1.82, 2.24) is 4.57 Å². The van der Waals surface area contributed by atoms with E-state index in [4.69, 9.17) is 4.42 Å². The van der Waals surface area contributed by atoms with E-state index < -0.39 is 5.76 Å². The summed E-state index contributed by atoms with van der Waals surface area (Å²) in [5, 5.41) is 0.412. The largest absolute Gasteiger partial charge is 0.427 e. The summed E-state index contributed by atoms with van der Waals surface area (Å²) in [6.07, 6.45) is 1.48. The minimum Gasteiger partial charge on any atom is -0.409 e. The van der Waals surface area contributed by atoms with Gasteiger partial charge >= 0.3 is 5.76 Å². The Labute approximate surface area is 127 Å². The molecule has 1 aromatic heterocycles. The maximum Gasteiger partial charge on any atom is 0.427 e. The van der Waals surface area contributed by atoms with Gasteiger partial charge in [-0.2, -0.15) is 0 Å². The zero-order chi connectivity index (χ0) is 15.7. The monoisotopic (exact) mass is 295 g/mol. The number of nitrogens with zero attached hydrogens (tertiary/aromatic N) is 1. The first-order valence-electron chi connectivity index (χ1n) is 7.43. The van der Waals surface area contributed by atoms with Crippen LogP contribution in [0.2, 0.25) is 0 Å². The van der Waals surface area contributed by atoms with Crippen molar-refractivity contribution in [2.75, 3.05) is 0 Å². The second-order valence-corrected chi connectivity index (χ2v) is 5.14. The third-order valence-corrected chi connectivity index (χ3v) is 3.89. The summed E-state index contributed by atoms with van der Waals surface area (Å²) < 4.78 is 6.50. The van der Waals surface area contributed by atoms with Crippen LogP contribution >= 0.6 is 0 Å². The van der Waals surface area contributed by atoms with Gasteiger partial charge in [0.25, 0.3) is 5.56 Å². The van der Waals surface area contributed by atoms with E-state index in [-0.39, 0.29) is 5.56 Å². The van der Waals surface area contributed by atoms with Crippen molar-refractivity contribution < 1.29 is 4.42 Å². The van der Waals surface area contributed by atoms with Crippen molar-refractivity contribution in [2.45, 2.75) is 26.7 Å². The molecule has 0 saturated heterocycles. The number of aromatic nitrogens is 1. The van der Waals surface area contributed by atoms with E-state index in [1.165, 1.54) is 4.57 Å². The van der Waals surface area contributed by atoms with Crippen LogP contribution in [0, 0.1) is 0 Å². The lowest BCUT2D eigenvalue weighted by molar-refractivity contribution is 0.502. The molecule has 0 saturated carbocycles. The van der Waals surface area contributed by atoms with E-state index in [1.807, 2.05) is 32.0 Å². The molecular weight excluding hydrogens is 278 g/mol. The average Bonchev–Trinajstić information content (AvgIpc) is 2.55. The number of hydrogen-bond acceptors (Lipinski definition) is 3. The molecule has 0 amide bonds. The van der Waals surface area contributed by atoms with E-state index in [9.17, 15) is 9.59 Å². The molecule has 3 rings (SSSR count). The Kier molecular flexibility index (Phi) is 3.67. The van der Waals surface area contributed by atoms with Crippen LogP contribution < -0.4 is 11.3 Å². The van der Waals surface area contributed by atoms with E-state index in [2.05, 4.69) is 0 Å². The third kappa shape index (κ3) is 2.17. The second kappa shape index (κ2) is 5.64. The lowest BCUT2D eigenvalue weighted by atomic mass is 10.0. The van der Waals surface area contributed by atoms with Crippen LogP contribution in [0.25, 0.3) is 16.7 Å². The Morgan fingerprint density at radius 2 is 1.55 bits per heavy atom. The summed E-state index contributed by atoms with van der Waals surface area (Å²) in [5.41, 5.74) is 2.58. The number of aryl methyl sites for hydroxylation is 2. The highest BCUT2D eigenvalue weighted by Gasteiger charge is 2.16. The Morgan fingerprint density at radius 3 is 2.18 bits per heavy atom. The van der Waals surface area contributed by atoms with Gasteiger partial charge in [-0.15, -0.1) is 0 Å². The van der Waals surface area contributed by atoms with Crippen LogP contribution in [-0.2, 0) is 12.8 Å². The molecule has 0 spiro atoms. The molecule has 0 aliphatic heterocycles. The molecule has 22 heavy (non-hydrogen) atoms. The highest BCUT2D eigenvalue weighted by Crippen LogP contribution is 2.20. The molecule has 0 radical (unpaired) electrons. The van der Waals surface area contributed by atoms with Crippen molar-refractivity contribution in [3.05, 3.63) is 74.5 Å². The summed E-state index contributed by atoms with van der Waals surface area (Å²) in [5.74, 6) is -0.640. The fourth-order valence-corrected chi connectivity index (χ4v) is 2.77. The predicted molar refractivity (Wildman–Crippen MR) is 86.8 cm³/mol. The van der Waals surface area contributed by atoms with Gasteiger partial charge in [-0.1, -0.05) is 44.2 Å². The van der Waals surface area contributed by atoms with Crippen LogP contribution in [0.1, 0.15) is 25.0 Å². The van der Waals surface area contributed by atoms with Crippen LogP contribution in [0.5, 0.6) is 0 Å². The third-order valence-electron chi connectivity index (χ3n) is 3.89. The topological polar surface area (TPSA) is 52.2 Å². The molecule has 0 N–H and O–H groups in total. The SMILES string of the molecule is CCc1cccc(CC)c1-n1c(=O)oc2ccccc2c1=O. The molecular formula is C18H17NO3. The Balaban J connectivity index is 2.46. The number of hydrogen-bond donors (Lipinski definition) is 0. The van der Waals surface area contributed by atoms with Crippen LogP contribution in [0.4, 0.5) is 0 Å². The Hall–Kier alpha value is -2.62. The molecule has 3 aromatic rings. The number of rotatable bonds is 3. The van der Waals surface area contributed by atoms with E-state index in [0.29, 0.717) is 16.7 Å². The normalized spacial score (nSPS) is 11.0. The fourth-order valence-electron chi connectivity index (χ4n) is 2.77. The van der Waals surface area contributed by atoms with Gasteiger partial charge in [-0.25, -0.2) is 9.36 Å². The zero-order valence-corrected chi connectivity index (χ0v) is 12.6. The molecule has 112 valence electrons. The molecule has 0 aliphatic rings. The maximum absolute atomic E-state index is 12.8. The van der Waals surface area contributed by atoms with Crippen molar-refractivity contribution in [2.24, 2.45) is 0 Å². The molecule has 0 atom stereocenters. The molecule has 0 aliphatic carbocycles. The Morgan fingerprint density at radius 1 is 0.909 bits per heavy atom.